The molecule has 0 saturated carbocycles. The maximum atomic E-state index is 11.4. The lowest BCUT2D eigenvalue weighted by Gasteiger charge is -2.05. The normalized spacial score (nSPS) is 12.1. The fourth-order valence-electron chi connectivity index (χ4n) is 0.984. The molecule has 1 amide bonds. The zero-order valence-electron chi connectivity index (χ0n) is 8.03. The Labute approximate surface area is 88.5 Å². The van der Waals surface area contributed by atoms with Crippen LogP contribution in [0.5, 0.6) is 0 Å². The maximum Gasteiger partial charge on any atom is 0.252 e. The zero-order valence-corrected chi connectivity index (χ0v) is 8.79. The zero-order chi connectivity index (χ0) is 10.4. The molecule has 1 unspecified atom stereocenters. The molecule has 0 spiro atoms. The van der Waals surface area contributed by atoms with Crippen LogP contribution in [0.15, 0.2) is 24.5 Å². The van der Waals surface area contributed by atoms with Crippen LogP contribution in [0.2, 0.25) is 0 Å². The predicted molar refractivity (Wildman–Crippen MR) is 56.5 cm³/mol. The molecule has 1 N–H and O–H groups in total. The lowest BCUT2D eigenvalue weighted by Crippen LogP contribution is -2.25. The molecule has 0 aliphatic carbocycles. The van der Waals surface area contributed by atoms with Crippen LogP contribution >= 0.6 is 11.6 Å². The van der Waals surface area contributed by atoms with Crippen molar-refractivity contribution in [1.29, 1.82) is 0 Å². The standard InChI is InChI=1S/C10H13ClN2O/c1-8(11)4-6-13-10(14)9-3-2-5-12-7-9/h2-3,5,7-8H,4,6H2,1H3,(H,13,14). The molecule has 76 valence electrons. The first kappa shape index (κ1) is 11.0. The van der Waals surface area contributed by atoms with Crippen LogP contribution in [0.3, 0.4) is 0 Å². The van der Waals surface area contributed by atoms with Gasteiger partial charge in [-0.1, -0.05) is 0 Å². The fourth-order valence-corrected chi connectivity index (χ4v) is 1.09. The van der Waals surface area contributed by atoms with Crippen LogP contribution in [0.25, 0.3) is 0 Å². The highest BCUT2D eigenvalue weighted by atomic mass is 35.5. The van der Waals surface area contributed by atoms with Crippen molar-refractivity contribution in [2.45, 2.75) is 18.7 Å². The molecule has 1 rings (SSSR count). The van der Waals surface area contributed by atoms with E-state index in [0.29, 0.717) is 12.1 Å². The Morgan fingerprint density at radius 1 is 1.71 bits per heavy atom. The molecular formula is C10H13ClN2O. The molecule has 1 atom stereocenters. The molecule has 1 heterocycles. The highest BCUT2D eigenvalue weighted by Gasteiger charge is 2.04. The first-order chi connectivity index (χ1) is 6.70. The smallest absolute Gasteiger partial charge is 0.252 e. The molecule has 0 aromatic carbocycles. The summed E-state index contributed by atoms with van der Waals surface area (Å²) in [7, 11) is 0. The van der Waals surface area contributed by atoms with Gasteiger partial charge in [-0.3, -0.25) is 9.78 Å². The summed E-state index contributed by atoms with van der Waals surface area (Å²) in [5.74, 6) is -0.101. The third-order valence-corrected chi connectivity index (χ3v) is 1.97. The number of carbonyl (C=O) groups is 1. The van der Waals surface area contributed by atoms with Gasteiger partial charge < -0.3 is 5.32 Å². The van der Waals surface area contributed by atoms with E-state index in [1.54, 1.807) is 24.5 Å². The second kappa shape index (κ2) is 5.60. The summed E-state index contributed by atoms with van der Waals surface area (Å²) in [6.45, 7) is 2.50. The number of pyridine rings is 1. The third-order valence-electron chi connectivity index (χ3n) is 1.75. The summed E-state index contributed by atoms with van der Waals surface area (Å²) in [5.41, 5.74) is 0.578. The van der Waals surface area contributed by atoms with Gasteiger partial charge in [0.25, 0.3) is 5.91 Å². The van der Waals surface area contributed by atoms with E-state index >= 15 is 0 Å². The largest absolute Gasteiger partial charge is 0.352 e. The van der Waals surface area contributed by atoms with Gasteiger partial charge in [-0.25, -0.2) is 0 Å². The van der Waals surface area contributed by atoms with Crippen molar-refractivity contribution in [2.24, 2.45) is 0 Å². The van der Waals surface area contributed by atoms with Crippen LogP contribution in [0.1, 0.15) is 23.7 Å². The van der Waals surface area contributed by atoms with E-state index in [0.717, 1.165) is 6.42 Å². The molecule has 0 bridgehead atoms. The summed E-state index contributed by atoms with van der Waals surface area (Å²) in [4.78, 5) is 15.3. The molecular weight excluding hydrogens is 200 g/mol. The number of rotatable bonds is 4. The van der Waals surface area contributed by atoms with Gasteiger partial charge in [-0.05, 0) is 25.5 Å². The van der Waals surface area contributed by atoms with E-state index in [9.17, 15) is 4.79 Å². The Balaban J connectivity index is 2.36. The van der Waals surface area contributed by atoms with E-state index in [-0.39, 0.29) is 11.3 Å². The second-order valence-electron chi connectivity index (χ2n) is 3.07. The molecule has 0 radical (unpaired) electrons. The monoisotopic (exact) mass is 212 g/mol. The van der Waals surface area contributed by atoms with Crippen LogP contribution in [-0.4, -0.2) is 22.8 Å². The number of hydrogen-bond donors (Lipinski definition) is 1. The summed E-state index contributed by atoms with van der Waals surface area (Å²) < 4.78 is 0. The number of hydrogen-bond acceptors (Lipinski definition) is 2. The lowest BCUT2D eigenvalue weighted by molar-refractivity contribution is 0.0953. The van der Waals surface area contributed by atoms with Crippen LogP contribution in [0.4, 0.5) is 0 Å². The molecule has 1 aromatic rings. The summed E-state index contributed by atoms with van der Waals surface area (Å²) in [6.07, 6.45) is 3.95. The Bertz CT molecular complexity index is 287. The quantitative estimate of drug-likeness (QED) is 0.774. The van der Waals surface area contributed by atoms with Crippen molar-refractivity contribution in [3.05, 3.63) is 30.1 Å². The molecule has 0 aliphatic heterocycles. The molecule has 4 heteroatoms. The van der Waals surface area contributed by atoms with Gasteiger partial charge in [-0.2, -0.15) is 0 Å². The molecule has 3 nitrogen and oxygen atoms in total. The number of nitrogens with zero attached hydrogens (tertiary/aromatic N) is 1. The van der Waals surface area contributed by atoms with E-state index in [2.05, 4.69) is 10.3 Å². The lowest BCUT2D eigenvalue weighted by atomic mass is 10.2. The molecule has 1 aromatic heterocycles. The number of alkyl halides is 1. The van der Waals surface area contributed by atoms with Crippen molar-refractivity contribution in [3.8, 4) is 0 Å². The summed E-state index contributed by atoms with van der Waals surface area (Å²) >= 11 is 5.74. The van der Waals surface area contributed by atoms with Gasteiger partial charge >= 0.3 is 0 Å². The van der Waals surface area contributed by atoms with Crippen molar-refractivity contribution in [3.63, 3.8) is 0 Å². The molecule has 14 heavy (non-hydrogen) atoms. The average molecular weight is 213 g/mol. The van der Waals surface area contributed by atoms with E-state index < -0.39 is 0 Å². The Hall–Kier alpha value is -1.09. The molecule has 0 saturated heterocycles. The SMILES string of the molecule is CC(Cl)CCNC(=O)c1cccnc1. The Morgan fingerprint density at radius 2 is 2.50 bits per heavy atom. The van der Waals surface area contributed by atoms with Crippen LogP contribution in [-0.2, 0) is 0 Å². The number of carbonyl (C=O) groups excluding carboxylic acids is 1. The first-order valence-corrected chi connectivity index (χ1v) is 4.96. The number of nitrogens with one attached hydrogen (secondary N) is 1. The van der Waals surface area contributed by atoms with Gasteiger partial charge in [-0.15, -0.1) is 11.6 Å². The van der Waals surface area contributed by atoms with Crippen LogP contribution in [0, 0.1) is 0 Å². The first-order valence-electron chi connectivity index (χ1n) is 4.52. The number of amides is 1. The number of aromatic nitrogens is 1. The molecule has 0 fully saturated rings. The van der Waals surface area contributed by atoms with Crippen LogP contribution < -0.4 is 5.32 Å². The Kier molecular flexibility index (Phi) is 4.40. The minimum Gasteiger partial charge on any atom is -0.352 e. The van der Waals surface area contributed by atoms with Gasteiger partial charge in [0.15, 0.2) is 0 Å². The average Bonchev–Trinajstić information content (AvgIpc) is 2.18. The number of halogens is 1. The summed E-state index contributed by atoms with van der Waals surface area (Å²) in [6, 6.07) is 3.46. The minimum absolute atomic E-state index is 0.0872. The Morgan fingerprint density at radius 3 is 3.07 bits per heavy atom. The van der Waals surface area contributed by atoms with E-state index in [1.807, 2.05) is 6.92 Å². The van der Waals surface area contributed by atoms with Crippen molar-refractivity contribution in [1.82, 2.24) is 10.3 Å². The highest BCUT2D eigenvalue weighted by molar-refractivity contribution is 6.20. The highest BCUT2D eigenvalue weighted by Crippen LogP contribution is 1.99. The van der Waals surface area contributed by atoms with Gasteiger partial charge in [0.1, 0.15) is 0 Å². The topological polar surface area (TPSA) is 42.0 Å². The maximum absolute atomic E-state index is 11.4. The van der Waals surface area contributed by atoms with E-state index in [4.69, 9.17) is 11.6 Å². The van der Waals surface area contributed by atoms with E-state index in [1.165, 1.54) is 0 Å². The summed E-state index contributed by atoms with van der Waals surface area (Å²) in [5, 5.41) is 2.85. The second-order valence-corrected chi connectivity index (χ2v) is 3.81. The predicted octanol–water partition coefficient (Wildman–Crippen LogP) is 1.83. The van der Waals surface area contributed by atoms with Gasteiger partial charge in [0.2, 0.25) is 0 Å². The van der Waals surface area contributed by atoms with Gasteiger partial charge in [0, 0.05) is 24.3 Å². The third kappa shape index (κ3) is 3.75. The van der Waals surface area contributed by atoms with Crippen molar-refractivity contribution in [2.75, 3.05) is 6.54 Å². The molecule has 0 aliphatic rings. The fraction of sp³-hybridized carbons (Fsp3) is 0.400. The van der Waals surface area contributed by atoms with Gasteiger partial charge in [0.05, 0.1) is 5.56 Å². The van der Waals surface area contributed by atoms with Crippen molar-refractivity contribution < 1.29 is 4.79 Å². The minimum atomic E-state index is -0.101. The van der Waals surface area contributed by atoms with Crippen molar-refractivity contribution >= 4 is 17.5 Å².